The lowest BCUT2D eigenvalue weighted by Crippen LogP contribution is -2.36. The van der Waals surface area contributed by atoms with Crippen LogP contribution in [0.15, 0.2) is 42.6 Å². The number of amides is 1. The van der Waals surface area contributed by atoms with Crippen LogP contribution >= 0.6 is 11.6 Å². The highest BCUT2D eigenvalue weighted by atomic mass is 35.5. The number of anilines is 1. The van der Waals surface area contributed by atoms with Crippen LogP contribution in [-0.4, -0.2) is 16.9 Å². The van der Waals surface area contributed by atoms with Crippen molar-refractivity contribution >= 4 is 23.2 Å². The summed E-state index contributed by atoms with van der Waals surface area (Å²) in [6.45, 7) is 1.86. The van der Waals surface area contributed by atoms with Gasteiger partial charge in [0, 0.05) is 6.20 Å². The van der Waals surface area contributed by atoms with E-state index in [1.54, 1.807) is 12.3 Å². The number of carbonyl (C=O) groups is 1. The van der Waals surface area contributed by atoms with E-state index in [-0.39, 0.29) is 11.1 Å². The standard InChI is InChI=1S/C16H18ClN3O/c1-11-9-10-19-15(17)14(11)20-16(21)13(18)8-7-12-5-3-2-4-6-12/h2-6,9-10,13H,7-8,18H2,1H3,(H,20,21)/t13-/m0/s1. The zero-order valence-corrected chi connectivity index (χ0v) is 12.6. The summed E-state index contributed by atoms with van der Waals surface area (Å²) in [5.74, 6) is -0.246. The van der Waals surface area contributed by atoms with E-state index in [1.165, 1.54) is 0 Å². The maximum absolute atomic E-state index is 12.1. The topological polar surface area (TPSA) is 68.0 Å². The van der Waals surface area contributed by atoms with Crippen molar-refractivity contribution in [1.82, 2.24) is 4.98 Å². The minimum Gasteiger partial charge on any atom is -0.322 e. The van der Waals surface area contributed by atoms with Gasteiger partial charge in [-0.3, -0.25) is 4.79 Å². The van der Waals surface area contributed by atoms with Crippen molar-refractivity contribution in [2.45, 2.75) is 25.8 Å². The summed E-state index contributed by atoms with van der Waals surface area (Å²) >= 11 is 5.98. The number of rotatable bonds is 5. The number of carbonyl (C=O) groups excluding carboxylic acids is 1. The molecule has 1 aromatic carbocycles. The fraction of sp³-hybridized carbons (Fsp3) is 0.250. The van der Waals surface area contributed by atoms with Crippen molar-refractivity contribution < 1.29 is 4.79 Å². The van der Waals surface area contributed by atoms with Gasteiger partial charge in [0.2, 0.25) is 5.91 Å². The van der Waals surface area contributed by atoms with Gasteiger partial charge in [0.1, 0.15) is 0 Å². The van der Waals surface area contributed by atoms with Crippen LogP contribution in [-0.2, 0) is 11.2 Å². The monoisotopic (exact) mass is 303 g/mol. The second-order valence-corrected chi connectivity index (χ2v) is 5.27. The second-order valence-electron chi connectivity index (χ2n) is 4.91. The fourth-order valence-corrected chi connectivity index (χ4v) is 2.24. The Labute approximate surface area is 129 Å². The van der Waals surface area contributed by atoms with Gasteiger partial charge in [0.25, 0.3) is 0 Å². The fourth-order valence-electron chi connectivity index (χ4n) is 1.99. The summed E-state index contributed by atoms with van der Waals surface area (Å²) in [6, 6.07) is 11.2. The van der Waals surface area contributed by atoms with Gasteiger partial charge in [0.15, 0.2) is 5.15 Å². The summed E-state index contributed by atoms with van der Waals surface area (Å²) in [7, 11) is 0. The van der Waals surface area contributed by atoms with E-state index in [0.717, 1.165) is 17.5 Å². The van der Waals surface area contributed by atoms with Gasteiger partial charge in [-0.25, -0.2) is 4.98 Å². The first-order valence-electron chi connectivity index (χ1n) is 6.79. The Morgan fingerprint density at radius 3 is 2.71 bits per heavy atom. The highest BCUT2D eigenvalue weighted by Gasteiger charge is 2.16. The van der Waals surface area contributed by atoms with Crippen LogP contribution in [0.3, 0.4) is 0 Å². The molecule has 5 heteroatoms. The molecule has 21 heavy (non-hydrogen) atoms. The molecule has 1 amide bonds. The molecular formula is C16H18ClN3O. The summed E-state index contributed by atoms with van der Waals surface area (Å²) in [4.78, 5) is 16.1. The smallest absolute Gasteiger partial charge is 0.241 e. The third-order valence-electron chi connectivity index (χ3n) is 3.28. The molecule has 2 rings (SSSR count). The normalized spacial score (nSPS) is 12.0. The van der Waals surface area contributed by atoms with Gasteiger partial charge < -0.3 is 11.1 Å². The Morgan fingerprint density at radius 2 is 2.05 bits per heavy atom. The Hall–Kier alpha value is -1.91. The lowest BCUT2D eigenvalue weighted by atomic mass is 10.1. The first kappa shape index (κ1) is 15.5. The summed E-state index contributed by atoms with van der Waals surface area (Å²) in [6.07, 6.45) is 2.94. The molecular weight excluding hydrogens is 286 g/mol. The van der Waals surface area contributed by atoms with Crippen molar-refractivity contribution in [3.8, 4) is 0 Å². The first-order chi connectivity index (χ1) is 10.1. The Bertz CT molecular complexity index is 596. The zero-order chi connectivity index (χ0) is 15.2. The number of aromatic nitrogens is 1. The highest BCUT2D eigenvalue weighted by Crippen LogP contribution is 2.22. The molecule has 0 fully saturated rings. The van der Waals surface area contributed by atoms with Crippen molar-refractivity contribution in [1.29, 1.82) is 0 Å². The van der Waals surface area contributed by atoms with E-state index in [1.807, 2.05) is 37.3 Å². The molecule has 0 spiro atoms. The third-order valence-corrected chi connectivity index (χ3v) is 3.57. The Kier molecular flexibility index (Phi) is 5.31. The van der Waals surface area contributed by atoms with Gasteiger partial charge in [-0.1, -0.05) is 41.9 Å². The highest BCUT2D eigenvalue weighted by molar-refractivity contribution is 6.32. The van der Waals surface area contributed by atoms with Crippen LogP contribution in [0.4, 0.5) is 5.69 Å². The predicted molar refractivity (Wildman–Crippen MR) is 85.4 cm³/mol. The van der Waals surface area contributed by atoms with E-state index in [9.17, 15) is 4.79 Å². The molecule has 0 radical (unpaired) electrons. The quantitative estimate of drug-likeness (QED) is 0.835. The van der Waals surface area contributed by atoms with Gasteiger partial charge >= 0.3 is 0 Å². The molecule has 3 N–H and O–H groups in total. The minimum absolute atomic E-state index is 0.246. The minimum atomic E-state index is -0.583. The van der Waals surface area contributed by atoms with Gasteiger partial charge in [-0.2, -0.15) is 0 Å². The predicted octanol–water partition coefficient (Wildman–Crippen LogP) is 2.94. The van der Waals surface area contributed by atoms with E-state index >= 15 is 0 Å². The molecule has 2 aromatic rings. The van der Waals surface area contributed by atoms with Crippen LogP contribution in [0.25, 0.3) is 0 Å². The Balaban J connectivity index is 1.94. The van der Waals surface area contributed by atoms with Crippen LogP contribution < -0.4 is 11.1 Å². The van der Waals surface area contributed by atoms with Crippen LogP contribution in [0.2, 0.25) is 5.15 Å². The van der Waals surface area contributed by atoms with Crippen LogP contribution in [0.1, 0.15) is 17.5 Å². The maximum atomic E-state index is 12.1. The van der Waals surface area contributed by atoms with Gasteiger partial charge in [-0.05, 0) is 37.0 Å². The molecule has 0 aliphatic heterocycles. The molecule has 0 aliphatic rings. The number of nitrogens with zero attached hydrogens (tertiary/aromatic N) is 1. The van der Waals surface area contributed by atoms with E-state index in [2.05, 4.69) is 10.3 Å². The molecule has 1 aromatic heterocycles. The van der Waals surface area contributed by atoms with Gasteiger partial charge in [0.05, 0.1) is 11.7 Å². The molecule has 0 saturated heterocycles. The average molecular weight is 304 g/mol. The maximum Gasteiger partial charge on any atom is 0.241 e. The van der Waals surface area contributed by atoms with Gasteiger partial charge in [-0.15, -0.1) is 0 Å². The molecule has 1 atom stereocenters. The Morgan fingerprint density at radius 1 is 1.33 bits per heavy atom. The number of halogens is 1. The third kappa shape index (κ3) is 4.28. The zero-order valence-electron chi connectivity index (χ0n) is 11.8. The SMILES string of the molecule is Cc1ccnc(Cl)c1NC(=O)[C@@H](N)CCc1ccccc1. The molecule has 0 bridgehead atoms. The van der Waals surface area contributed by atoms with E-state index < -0.39 is 6.04 Å². The summed E-state index contributed by atoms with van der Waals surface area (Å²) < 4.78 is 0. The lowest BCUT2D eigenvalue weighted by molar-refractivity contribution is -0.117. The van der Waals surface area contributed by atoms with Crippen LogP contribution in [0.5, 0.6) is 0 Å². The number of nitrogens with two attached hydrogens (primary N) is 1. The van der Waals surface area contributed by atoms with Crippen molar-refractivity contribution in [2.24, 2.45) is 5.73 Å². The van der Waals surface area contributed by atoms with E-state index in [0.29, 0.717) is 12.1 Å². The molecule has 110 valence electrons. The van der Waals surface area contributed by atoms with Crippen LogP contribution in [0, 0.1) is 6.92 Å². The van der Waals surface area contributed by atoms with Crippen molar-refractivity contribution in [3.63, 3.8) is 0 Å². The number of benzene rings is 1. The largest absolute Gasteiger partial charge is 0.322 e. The second kappa shape index (κ2) is 7.20. The number of aryl methyl sites for hydroxylation is 2. The lowest BCUT2D eigenvalue weighted by Gasteiger charge is -2.14. The number of nitrogens with one attached hydrogen (secondary N) is 1. The molecule has 0 saturated carbocycles. The van der Waals surface area contributed by atoms with E-state index in [4.69, 9.17) is 17.3 Å². The molecule has 0 aliphatic carbocycles. The summed E-state index contributed by atoms with van der Waals surface area (Å²) in [5.41, 5.74) is 8.49. The van der Waals surface area contributed by atoms with Crippen molar-refractivity contribution in [3.05, 3.63) is 58.9 Å². The number of pyridine rings is 1. The first-order valence-corrected chi connectivity index (χ1v) is 7.17. The van der Waals surface area contributed by atoms with Crippen molar-refractivity contribution in [2.75, 3.05) is 5.32 Å². The molecule has 4 nitrogen and oxygen atoms in total. The number of hydrogen-bond donors (Lipinski definition) is 2. The molecule has 0 unspecified atom stereocenters. The summed E-state index contributed by atoms with van der Waals surface area (Å²) in [5, 5.41) is 3.03. The number of hydrogen-bond acceptors (Lipinski definition) is 3. The average Bonchev–Trinajstić information content (AvgIpc) is 2.49. The molecule has 1 heterocycles.